The number of hydrogen-bond acceptors (Lipinski definition) is 4. The predicted octanol–water partition coefficient (Wildman–Crippen LogP) is 1.73. The van der Waals surface area contributed by atoms with Gasteiger partial charge >= 0.3 is 5.97 Å². The lowest BCUT2D eigenvalue weighted by atomic mass is 10.0. The summed E-state index contributed by atoms with van der Waals surface area (Å²) in [6.45, 7) is 4.86. The number of aliphatic carboxylic acids is 1. The van der Waals surface area contributed by atoms with Gasteiger partial charge in [-0.05, 0) is 39.0 Å². The second kappa shape index (κ2) is 5.81. The number of benzene rings is 1. The molecule has 20 heavy (non-hydrogen) atoms. The predicted molar refractivity (Wildman–Crippen MR) is 73.1 cm³/mol. The third-order valence-electron chi connectivity index (χ3n) is 3.19. The minimum atomic E-state index is -1.33. The van der Waals surface area contributed by atoms with E-state index in [1.54, 1.807) is 6.92 Å². The van der Waals surface area contributed by atoms with Gasteiger partial charge in [-0.15, -0.1) is 0 Å². The number of nitrogens with zero attached hydrogens (tertiary/aromatic N) is 1. The van der Waals surface area contributed by atoms with Crippen molar-refractivity contribution in [3.05, 3.63) is 23.8 Å². The van der Waals surface area contributed by atoms with Gasteiger partial charge in [0, 0.05) is 12.1 Å². The highest BCUT2D eigenvalue weighted by molar-refractivity contribution is 5.98. The van der Waals surface area contributed by atoms with Gasteiger partial charge in [-0.1, -0.05) is 0 Å². The second-order valence-electron chi connectivity index (χ2n) is 4.80. The van der Waals surface area contributed by atoms with Crippen LogP contribution in [0, 0.1) is 0 Å². The third kappa shape index (κ3) is 2.84. The first kappa shape index (κ1) is 15.8. The molecule has 1 aromatic carbocycles. The molecule has 0 saturated heterocycles. The molecule has 1 rings (SSSR count). The average molecular weight is 281 g/mol. The molecule has 0 radical (unpaired) electrons. The maximum Gasteiger partial charge on any atom is 0.329 e. The number of rotatable bonds is 5. The van der Waals surface area contributed by atoms with Gasteiger partial charge in [0.05, 0.1) is 7.11 Å². The number of ether oxygens (including phenoxy) is 1. The SMILES string of the molecule is CCN(C(=O)c1ccc(OC)c(O)c1)C(C)(C)C(=O)O. The summed E-state index contributed by atoms with van der Waals surface area (Å²) in [5.41, 5.74) is -1.12. The maximum absolute atomic E-state index is 12.4. The summed E-state index contributed by atoms with van der Waals surface area (Å²) in [5, 5.41) is 18.9. The van der Waals surface area contributed by atoms with Crippen molar-refractivity contribution in [3.63, 3.8) is 0 Å². The molecule has 0 bridgehead atoms. The number of carbonyl (C=O) groups is 2. The van der Waals surface area contributed by atoms with Crippen LogP contribution in [0.5, 0.6) is 11.5 Å². The van der Waals surface area contributed by atoms with E-state index >= 15 is 0 Å². The number of phenols is 1. The van der Waals surface area contributed by atoms with Crippen LogP contribution in [-0.2, 0) is 4.79 Å². The summed E-state index contributed by atoms with van der Waals surface area (Å²) >= 11 is 0. The standard InChI is InChI=1S/C14H19NO5/c1-5-15(14(2,3)13(18)19)12(17)9-6-7-11(20-4)10(16)8-9/h6-8,16H,5H2,1-4H3,(H,18,19). The Bertz CT molecular complexity index is 524. The summed E-state index contributed by atoms with van der Waals surface area (Å²) in [6, 6.07) is 4.22. The van der Waals surface area contributed by atoms with E-state index in [2.05, 4.69) is 0 Å². The molecule has 0 heterocycles. The Morgan fingerprint density at radius 3 is 2.35 bits per heavy atom. The van der Waals surface area contributed by atoms with Gasteiger partial charge in [0.2, 0.25) is 0 Å². The van der Waals surface area contributed by atoms with Crippen molar-refractivity contribution in [1.29, 1.82) is 0 Å². The van der Waals surface area contributed by atoms with Crippen LogP contribution in [0.3, 0.4) is 0 Å². The molecule has 0 fully saturated rings. The van der Waals surface area contributed by atoms with E-state index in [1.165, 1.54) is 44.1 Å². The van der Waals surface area contributed by atoms with Crippen molar-refractivity contribution < 1.29 is 24.5 Å². The van der Waals surface area contributed by atoms with Gasteiger partial charge in [-0.3, -0.25) is 4.79 Å². The Morgan fingerprint density at radius 1 is 1.35 bits per heavy atom. The maximum atomic E-state index is 12.4. The van der Waals surface area contributed by atoms with Crippen LogP contribution in [-0.4, -0.2) is 46.2 Å². The number of likely N-dealkylation sites (N-methyl/N-ethyl adjacent to an activating group) is 1. The molecule has 0 atom stereocenters. The Hall–Kier alpha value is -2.24. The highest BCUT2D eigenvalue weighted by atomic mass is 16.5. The third-order valence-corrected chi connectivity index (χ3v) is 3.19. The molecule has 2 N–H and O–H groups in total. The van der Waals surface area contributed by atoms with Crippen LogP contribution in [0.25, 0.3) is 0 Å². The first-order valence-electron chi connectivity index (χ1n) is 6.18. The van der Waals surface area contributed by atoms with Gasteiger partial charge in [-0.2, -0.15) is 0 Å². The van der Waals surface area contributed by atoms with E-state index in [0.717, 1.165) is 0 Å². The zero-order valence-electron chi connectivity index (χ0n) is 12.0. The molecule has 0 spiro atoms. The van der Waals surface area contributed by atoms with E-state index in [-0.39, 0.29) is 23.6 Å². The van der Waals surface area contributed by atoms with E-state index in [0.29, 0.717) is 0 Å². The molecular formula is C14H19NO5. The van der Waals surface area contributed by atoms with Crippen molar-refractivity contribution in [1.82, 2.24) is 4.90 Å². The molecule has 0 aliphatic rings. The minimum Gasteiger partial charge on any atom is -0.504 e. The van der Waals surface area contributed by atoms with Gasteiger partial charge in [-0.25, -0.2) is 4.79 Å². The number of amides is 1. The Kier molecular flexibility index (Phi) is 4.60. The fourth-order valence-corrected chi connectivity index (χ4v) is 1.89. The fourth-order valence-electron chi connectivity index (χ4n) is 1.89. The minimum absolute atomic E-state index is 0.164. The quantitative estimate of drug-likeness (QED) is 0.858. The molecule has 0 aliphatic heterocycles. The number of hydrogen-bond donors (Lipinski definition) is 2. The number of methoxy groups -OCH3 is 1. The summed E-state index contributed by atoms with van der Waals surface area (Å²) in [5.74, 6) is -1.46. The van der Waals surface area contributed by atoms with Crippen molar-refractivity contribution in [2.24, 2.45) is 0 Å². The van der Waals surface area contributed by atoms with Crippen LogP contribution in [0.4, 0.5) is 0 Å². The molecular weight excluding hydrogens is 262 g/mol. The van der Waals surface area contributed by atoms with Crippen molar-refractivity contribution in [3.8, 4) is 11.5 Å². The largest absolute Gasteiger partial charge is 0.504 e. The van der Waals surface area contributed by atoms with Crippen LogP contribution in [0.15, 0.2) is 18.2 Å². The van der Waals surface area contributed by atoms with Gasteiger partial charge < -0.3 is 19.8 Å². The van der Waals surface area contributed by atoms with Gasteiger partial charge in [0.25, 0.3) is 5.91 Å². The second-order valence-corrected chi connectivity index (χ2v) is 4.80. The molecule has 110 valence electrons. The Morgan fingerprint density at radius 2 is 1.95 bits per heavy atom. The molecule has 1 amide bonds. The Labute approximate surface area is 117 Å². The molecule has 1 aromatic rings. The highest BCUT2D eigenvalue weighted by Crippen LogP contribution is 2.28. The molecule has 0 unspecified atom stereocenters. The first-order chi connectivity index (χ1) is 9.25. The summed E-state index contributed by atoms with van der Waals surface area (Å²) in [4.78, 5) is 24.9. The van der Waals surface area contributed by atoms with Crippen molar-refractivity contribution >= 4 is 11.9 Å². The van der Waals surface area contributed by atoms with Gasteiger partial charge in [0.1, 0.15) is 5.54 Å². The monoisotopic (exact) mass is 281 g/mol. The lowest BCUT2D eigenvalue weighted by molar-refractivity contribution is -0.147. The van der Waals surface area contributed by atoms with Crippen LogP contribution in [0.1, 0.15) is 31.1 Å². The molecule has 0 aromatic heterocycles. The summed E-state index contributed by atoms with van der Waals surface area (Å²) in [7, 11) is 1.41. The van der Waals surface area contributed by atoms with E-state index < -0.39 is 17.4 Å². The van der Waals surface area contributed by atoms with E-state index in [4.69, 9.17) is 4.74 Å². The van der Waals surface area contributed by atoms with E-state index in [1.807, 2.05) is 0 Å². The average Bonchev–Trinajstić information content (AvgIpc) is 2.38. The van der Waals surface area contributed by atoms with Crippen LogP contribution in [0.2, 0.25) is 0 Å². The zero-order chi connectivity index (χ0) is 15.5. The van der Waals surface area contributed by atoms with Crippen molar-refractivity contribution in [2.75, 3.05) is 13.7 Å². The fraction of sp³-hybridized carbons (Fsp3) is 0.429. The first-order valence-corrected chi connectivity index (χ1v) is 6.18. The number of aromatic hydroxyl groups is 1. The molecule has 6 heteroatoms. The number of phenolic OH excluding ortho intramolecular Hbond substituents is 1. The Balaban J connectivity index is 3.15. The molecule has 0 aliphatic carbocycles. The lowest BCUT2D eigenvalue weighted by Crippen LogP contribution is -2.52. The molecule has 6 nitrogen and oxygen atoms in total. The number of carboxylic acids is 1. The van der Waals surface area contributed by atoms with Gasteiger partial charge in [0.15, 0.2) is 11.5 Å². The lowest BCUT2D eigenvalue weighted by Gasteiger charge is -2.34. The molecule has 0 saturated carbocycles. The smallest absolute Gasteiger partial charge is 0.329 e. The van der Waals surface area contributed by atoms with E-state index in [9.17, 15) is 19.8 Å². The zero-order valence-corrected chi connectivity index (χ0v) is 12.0. The summed E-state index contributed by atoms with van der Waals surface area (Å²) in [6.07, 6.45) is 0. The van der Waals surface area contributed by atoms with Crippen molar-refractivity contribution in [2.45, 2.75) is 26.3 Å². The summed E-state index contributed by atoms with van der Waals surface area (Å²) < 4.78 is 4.90. The highest BCUT2D eigenvalue weighted by Gasteiger charge is 2.37. The van der Waals surface area contributed by atoms with Crippen LogP contribution < -0.4 is 4.74 Å². The topological polar surface area (TPSA) is 87.1 Å². The normalized spacial score (nSPS) is 11.0. The number of carbonyl (C=O) groups excluding carboxylic acids is 1. The van der Waals surface area contributed by atoms with Crippen LogP contribution >= 0.6 is 0 Å². The number of carboxylic acid groups (broad SMARTS) is 1.